The molecule has 0 aromatic heterocycles. The number of rotatable bonds is 4. The van der Waals surface area contributed by atoms with Gasteiger partial charge in [-0.05, 0) is 149 Å². The number of aliphatic hydroxyl groups is 1. The lowest BCUT2D eigenvalue weighted by Crippen LogP contribution is -2.47. The number of aliphatic hydroxyl groups excluding tert-OH is 1. The molecule has 0 aromatic rings. The molecular formula is C42H89N9O4. The van der Waals surface area contributed by atoms with E-state index in [0.29, 0.717) is 13.0 Å². The standard InChI is InChI=1S/C10H20N2.C9H18N2O.C9H18N2.C6H14N2.C6H11NO3.2CH4/c1-2-8-12(9-3-1)10-4-6-11-7-5-10;1-3-10-4-2-9(1)11-5-7-12-8-6-11;1-2-8-11(7-1)9-3-5-10-6-4-9;7-6-4-2-1-3-5-8-6;1-10-6(9)5-2-4(8)3-7-5;;/h10-11H,1-9H2;9-10H,1-8H2;9-10H,1-8H2;6,8H,1-5,7H2;4-5,7-8H,2-3H2,1H3;2*1H4. The monoisotopic (exact) mass is 784 g/mol. The number of nitrogens with zero attached hydrogens (tertiary/aromatic N) is 3. The molecule has 8 aliphatic rings. The maximum absolute atomic E-state index is 10.8. The van der Waals surface area contributed by atoms with Gasteiger partial charge in [0.1, 0.15) is 6.04 Å². The lowest BCUT2D eigenvalue weighted by molar-refractivity contribution is -0.142. The van der Waals surface area contributed by atoms with Crippen LogP contribution >= 0.6 is 0 Å². The molecule has 8 heterocycles. The Bertz CT molecular complexity index is 831. The number of nitrogens with one attached hydrogen (secondary N) is 5. The van der Waals surface area contributed by atoms with Crippen molar-refractivity contribution in [2.45, 2.75) is 154 Å². The molecule has 8 rings (SSSR count). The molecule has 8 aliphatic heterocycles. The number of hydrogen-bond acceptors (Lipinski definition) is 13. The molecule has 0 bridgehead atoms. The number of methoxy groups -OCH3 is 1. The number of esters is 1. The van der Waals surface area contributed by atoms with Crippen molar-refractivity contribution in [3.05, 3.63) is 0 Å². The van der Waals surface area contributed by atoms with Crippen molar-refractivity contribution >= 4 is 5.97 Å². The number of carbonyl (C=O) groups excluding carboxylic acids is 1. The second-order valence-electron chi connectivity index (χ2n) is 16.2. The number of hydrogen-bond donors (Lipinski definition) is 7. The van der Waals surface area contributed by atoms with Gasteiger partial charge in [0.15, 0.2) is 0 Å². The minimum atomic E-state index is -0.399. The molecule has 8 N–H and O–H groups in total. The van der Waals surface area contributed by atoms with Crippen molar-refractivity contribution < 1.29 is 19.4 Å². The van der Waals surface area contributed by atoms with Gasteiger partial charge in [-0.15, -0.1) is 0 Å². The predicted octanol–water partition coefficient (Wildman–Crippen LogP) is 2.72. The van der Waals surface area contributed by atoms with Crippen molar-refractivity contribution in [1.29, 1.82) is 0 Å². The Hall–Kier alpha value is -0.970. The molecule has 8 saturated heterocycles. The fraction of sp³-hybridized carbons (Fsp3) is 0.976. The van der Waals surface area contributed by atoms with Gasteiger partial charge >= 0.3 is 5.97 Å². The first-order valence-corrected chi connectivity index (χ1v) is 21.9. The van der Waals surface area contributed by atoms with Crippen LogP contribution in [-0.4, -0.2) is 174 Å². The molecule has 0 amide bonds. The number of likely N-dealkylation sites (tertiary alicyclic amines) is 2. The average Bonchev–Trinajstić information content (AvgIpc) is 3.88. The predicted molar refractivity (Wildman–Crippen MR) is 229 cm³/mol. The van der Waals surface area contributed by atoms with Gasteiger partial charge in [0.05, 0.1) is 32.6 Å². The Morgan fingerprint density at radius 2 is 1.04 bits per heavy atom. The summed E-state index contributed by atoms with van der Waals surface area (Å²) in [7, 11) is 1.34. The quantitative estimate of drug-likeness (QED) is 0.210. The zero-order valence-corrected chi connectivity index (χ0v) is 33.7. The van der Waals surface area contributed by atoms with E-state index in [4.69, 9.17) is 15.6 Å². The van der Waals surface area contributed by atoms with Gasteiger partial charge in [-0.1, -0.05) is 34.1 Å². The van der Waals surface area contributed by atoms with Gasteiger partial charge in [-0.25, -0.2) is 0 Å². The van der Waals surface area contributed by atoms with Crippen molar-refractivity contribution in [2.24, 2.45) is 5.73 Å². The maximum atomic E-state index is 10.8. The topological polar surface area (TPSA) is 152 Å². The molecule has 13 nitrogen and oxygen atoms in total. The molecule has 3 unspecified atom stereocenters. The van der Waals surface area contributed by atoms with E-state index in [9.17, 15) is 4.79 Å². The van der Waals surface area contributed by atoms with Crippen LogP contribution in [0.5, 0.6) is 0 Å². The molecule has 326 valence electrons. The highest BCUT2D eigenvalue weighted by molar-refractivity contribution is 5.76. The van der Waals surface area contributed by atoms with E-state index in [2.05, 4.69) is 46.0 Å². The molecule has 13 heteroatoms. The van der Waals surface area contributed by atoms with E-state index in [1.807, 2.05) is 0 Å². The van der Waals surface area contributed by atoms with Gasteiger partial charge in [0.25, 0.3) is 0 Å². The summed E-state index contributed by atoms with van der Waals surface area (Å²) in [5.74, 6) is -0.295. The second kappa shape index (κ2) is 31.0. The van der Waals surface area contributed by atoms with Gasteiger partial charge in [0, 0.05) is 44.2 Å². The SMILES string of the molecule is C.C.C1CC(N2CCOCC2)CCN1.C1CCN(C2CCNCC2)C1.C1CCN(C2CCNCC2)CC1.COC(=O)C1CC(O)CN1.NC1CCCCCN1. The van der Waals surface area contributed by atoms with E-state index in [1.165, 1.54) is 162 Å². The Morgan fingerprint density at radius 1 is 0.600 bits per heavy atom. The van der Waals surface area contributed by atoms with Crippen LogP contribution in [0, 0.1) is 0 Å². The van der Waals surface area contributed by atoms with Crippen molar-refractivity contribution in [1.82, 2.24) is 41.3 Å². The minimum absolute atomic E-state index is 0. The lowest BCUT2D eigenvalue weighted by Gasteiger charge is -2.36. The Kier molecular flexibility index (Phi) is 28.3. The number of nitrogens with two attached hydrogens (primary N) is 1. The zero-order valence-electron chi connectivity index (χ0n) is 33.7. The second-order valence-corrected chi connectivity index (χ2v) is 16.2. The van der Waals surface area contributed by atoms with Gasteiger partial charge in [0.2, 0.25) is 0 Å². The summed E-state index contributed by atoms with van der Waals surface area (Å²) in [4.78, 5) is 18.7. The minimum Gasteiger partial charge on any atom is -0.468 e. The molecule has 0 spiro atoms. The maximum Gasteiger partial charge on any atom is 0.322 e. The first kappa shape index (κ1) is 50.2. The van der Waals surface area contributed by atoms with Crippen LogP contribution in [0.1, 0.15) is 118 Å². The number of piperidine rings is 4. The fourth-order valence-corrected chi connectivity index (χ4v) is 8.94. The number of morpholine rings is 1. The molecular weight excluding hydrogens is 695 g/mol. The van der Waals surface area contributed by atoms with Crippen LogP contribution < -0.4 is 32.3 Å². The number of carbonyl (C=O) groups is 1. The van der Waals surface area contributed by atoms with Crippen LogP contribution in [0.4, 0.5) is 0 Å². The van der Waals surface area contributed by atoms with Crippen LogP contribution in [-0.2, 0) is 14.3 Å². The summed E-state index contributed by atoms with van der Waals surface area (Å²) in [5.41, 5.74) is 5.62. The Morgan fingerprint density at radius 3 is 1.47 bits per heavy atom. The Labute approximate surface area is 337 Å². The van der Waals surface area contributed by atoms with E-state index in [-0.39, 0.29) is 33.0 Å². The van der Waals surface area contributed by atoms with Crippen LogP contribution in [0.25, 0.3) is 0 Å². The number of β-amino-alcohol motifs (C(OH)–C–C–N with tert-alkyl or cyclic N) is 1. The van der Waals surface area contributed by atoms with Gasteiger partial charge in [-0.3, -0.25) is 9.69 Å². The average molecular weight is 784 g/mol. The zero-order chi connectivity index (χ0) is 37.4. The van der Waals surface area contributed by atoms with E-state index in [1.54, 1.807) is 0 Å². The van der Waals surface area contributed by atoms with Crippen LogP contribution in [0.2, 0.25) is 0 Å². The Balaban J connectivity index is 0.000000237. The highest BCUT2D eigenvalue weighted by Crippen LogP contribution is 2.19. The van der Waals surface area contributed by atoms with Crippen LogP contribution in [0.3, 0.4) is 0 Å². The summed E-state index contributed by atoms with van der Waals surface area (Å²) < 4.78 is 9.80. The molecule has 0 saturated carbocycles. The number of ether oxygens (including phenoxy) is 2. The summed E-state index contributed by atoms with van der Waals surface area (Å²) in [6.45, 7) is 18.6. The first-order valence-electron chi connectivity index (χ1n) is 21.9. The molecule has 55 heavy (non-hydrogen) atoms. The van der Waals surface area contributed by atoms with Gasteiger partial charge in [-0.2, -0.15) is 0 Å². The summed E-state index contributed by atoms with van der Waals surface area (Å²) >= 11 is 0. The molecule has 3 atom stereocenters. The molecule has 8 fully saturated rings. The molecule has 0 radical (unpaired) electrons. The van der Waals surface area contributed by atoms with E-state index < -0.39 is 6.10 Å². The third kappa shape index (κ3) is 20.5. The normalized spacial score (nSPS) is 29.0. The molecule has 0 aromatic carbocycles. The highest BCUT2D eigenvalue weighted by atomic mass is 16.5. The molecule has 0 aliphatic carbocycles. The van der Waals surface area contributed by atoms with E-state index >= 15 is 0 Å². The van der Waals surface area contributed by atoms with E-state index in [0.717, 1.165) is 57.4 Å². The van der Waals surface area contributed by atoms with Gasteiger partial charge < -0.3 is 56.7 Å². The van der Waals surface area contributed by atoms with Crippen molar-refractivity contribution in [3.8, 4) is 0 Å². The summed E-state index contributed by atoms with van der Waals surface area (Å²) in [6, 6.07) is 2.35. The van der Waals surface area contributed by atoms with Crippen molar-refractivity contribution in [3.63, 3.8) is 0 Å². The lowest BCUT2D eigenvalue weighted by atomic mass is 10.0. The largest absolute Gasteiger partial charge is 0.468 e. The van der Waals surface area contributed by atoms with Crippen LogP contribution in [0.15, 0.2) is 0 Å². The third-order valence-electron chi connectivity index (χ3n) is 12.2. The highest BCUT2D eigenvalue weighted by Gasteiger charge is 2.28. The summed E-state index contributed by atoms with van der Waals surface area (Å²) in [5, 5.41) is 25.3. The first-order chi connectivity index (χ1) is 26.0. The van der Waals surface area contributed by atoms with Crippen molar-refractivity contribution in [2.75, 3.05) is 112 Å². The third-order valence-corrected chi connectivity index (χ3v) is 12.2. The summed E-state index contributed by atoms with van der Waals surface area (Å²) in [6.07, 6.45) is 20.8. The smallest absolute Gasteiger partial charge is 0.322 e. The fourth-order valence-electron chi connectivity index (χ4n) is 8.94.